The Morgan fingerprint density at radius 1 is 0.970 bits per heavy atom. The monoisotopic (exact) mass is 456 g/mol. The molecule has 0 unspecified atom stereocenters. The van der Waals surface area contributed by atoms with Crippen molar-refractivity contribution in [1.29, 1.82) is 0 Å². The highest BCUT2D eigenvalue weighted by molar-refractivity contribution is 5.94. The standard InChI is InChI=1S/C25H32N2O6/c1-25(24(29)26-13-11-17-6-8-21(32-4)22(14-17)33-5)12-10-23(28)27(25)16-18-15-19(30-2)7-9-20(18)31-3/h6-9,14-15H,10-13,16H2,1-5H3,(H,26,29)/t25-/m1/s1. The van der Waals surface area contributed by atoms with Crippen molar-refractivity contribution in [1.82, 2.24) is 10.2 Å². The second kappa shape index (κ2) is 10.5. The first kappa shape index (κ1) is 24.2. The summed E-state index contributed by atoms with van der Waals surface area (Å²) >= 11 is 0. The van der Waals surface area contributed by atoms with Gasteiger partial charge in [-0.2, -0.15) is 0 Å². The summed E-state index contributed by atoms with van der Waals surface area (Å²) in [7, 11) is 6.35. The van der Waals surface area contributed by atoms with Crippen LogP contribution in [0, 0.1) is 0 Å². The molecule has 0 saturated carbocycles. The molecule has 0 bridgehead atoms. The van der Waals surface area contributed by atoms with E-state index in [1.165, 1.54) is 0 Å². The highest BCUT2D eigenvalue weighted by Gasteiger charge is 2.47. The van der Waals surface area contributed by atoms with Gasteiger partial charge in [0.1, 0.15) is 17.0 Å². The minimum atomic E-state index is -0.942. The van der Waals surface area contributed by atoms with Crippen molar-refractivity contribution in [2.45, 2.75) is 38.3 Å². The maximum absolute atomic E-state index is 13.2. The fraction of sp³-hybridized carbons (Fsp3) is 0.440. The third-order valence-electron chi connectivity index (χ3n) is 6.17. The molecule has 1 heterocycles. The molecular weight excluding hydrogens is 424 g/mol. The van der Waals surface area contributed by atoms with Crippen molar-refractivity contribution in [3.8, 4) is 23.0 Å². The predicted octanol–water partition coefficient (Wildman–Crippen LogP) is 2.96. The lowest BCUT2D eigenvalue weighted by Crippen LogP contribution is -2.54. The first-order chi connectivity index (χ1) is 15.9. The van der Waals surface area contributed by atoms with E-state index >= 15 is 0 Å². The van der Waals surface area contributed by atoms with Gasteiger partial charge in [0.2, 0.25) is 11.8 Å². The lowest BCUT2D eigenvalue weighted by atomic mass is 9.96. The number of amides is 2. The molecule has 1 fully saturated rings. The number of likely N-dealkylation sites (tertiary alicyclic amines) is 1. The van der Waals surface area contributed by atoms with E-state index in [-0.39, 0.29) is 18.4 Å². The number of ether oxygens (including phenoxy) is 4. The summed E-state index contributed by atoms with van der Waals surface area (Å²) < 4.78 is 21.4. The van der Waals surface area contributed by atoms with Crippen molar-refractivity contribution in [3.05, 3.63) is 47.5 Å². The van der Waals surface area contributed by atoms with Crippen LogP contribution in [-0.2, 0) is 22.6 Å². The molecule has 2 amide bonds. The quantitative estimate of drug-likeness (QED) is 0.592. The number of methoxy groups -OCH3 is 4. The fourth-order valence-corrected chi connectivity index (χ4v) is 4.12. The molecule has 1 aliphatic heterocycles. The molecule has 1 N–H and O–H groups in total. The van der Waals surface area contributed by atoms with Crippen LogP contribution < -0.4 is 24.3 Å². The summed E-state index contributed by atoms with van der Waals surface area (Å²) in [6, 6.07) is 11.1. The molecular formula is C25H32N2O6. The van der Waals surface area contributed by atoms with Crippen molar-refractivity contribution in [2.24, 2.45) is 0 Å². The van der Waals surface area contributed by atoms with Gasteiger partial charge in [-0.15, -0.1) is 0 Å². The molecule has 0 aromatic heterocycles. The number of carbonyl (C=O) groups excluding carboxylic acids is 2. The molecule has 0 aliphatic carbocycles. The Hall–Kier alpha value is -3.42. The van der Waals surface area contributed by atoms with Crippen LogP contribution in [0.1, 0.15) is 30.9 Å². The predicted molar refractivity (Wildman–Crippen MR) is 124 cm³/mol. The van der Waals surface area contributed by atoms with Gasteiger partial charge in [0.05, 0.1) is 35.0 Å². The lowest BCUT2D eigenvalue weighted by molar-refractivity contribution is -0.141. The zero-order valence-electron chi connectivity index (χ0n) is 19.9. The van der Waals surface area contributed by atoms with Gasteiger partial charge in [0.15, 0.2) is 11.5 Å². The Bertz CT molecular complexity index is 1010. The Labute approximate surface area is 194 Å². The molecule has 3 rings (SSSR count). The minimum absolute atomic E-state index is 0.0580. The van der Waals surface area contributed by atoms with Crippen molar-refractivity contribution >= 4 is 11.8 Å². The molecule has 33 heavy (non-hydrogen) atoms. The highest BCUT2D eigenvalue weighted by atomic mass is 16.5. The second-order valence-electron chi connectivity index (χ2n) is 8.13. The topological polar surface area (TPSA) is 86.3 Å². The van der Waals surface area contributed by atoms with Gasteiger partial charge in [0.25, 0.3) is 0 Å². The van der Waals surface area contributed by atoms with Crippen LogP contribution in [0.5, 0.6) is 23.0 Å². The molecule has 2 aromatic rings. The van der Waals surface area contributed by atoms with E-state index < -0.39 is 5.54 Å². The number of hydrogen-bond acceptors (Lipinski definition) is 6. The molecule has 8 heteroatoms. The summed E-state index contributed by atoms with van der Waals surface area (Å²) in [6.07, 6.45) is 1.41. The molecule has 0 radical (unpaired) electrons. The van der Waals surface area contributed by atoms with E-state index in [0.717, 1.165) is 11.1 Å². The van der Waals surface area contributed by atoms with Gasteiger partial charge in [-0.1, -0.05) is 6.07 Å². The first-order valence-electron chi connectivity index (χ1n) is 10.9. The van der Waals surface area contributed by atoms with Crippen molar-refractivity contribution < 1.29 is 28.5 Å². The number of carbonyl (C=O) groups is 2. The van der Waals surface area contributed by atoms with E-state index in [2.05, 4.69) is 5.32 Å². The van der Waals surface area contributed by atoms with Crippen LogP contribution in [-0.4, -0.2) is 57.2 Å². The normalized spacial score (nSPS) is 17.6. The second-order valence-corrected chi connectivity index (χ2v) is 8.13. The minimum Gasteiger partial charge on any atom is -0.497 e. The number of benzene rings is 2. The summed E-state index contributed by atoms with van der Waals surface area (Å²) in [5.74, 6) is 2.39. The fourth-order valence-electron chi connectivity index (χ4n) is 4.12. The number of hydrogen-bond donors (Lipinski definition) is 1. The lowest BCUT2D eigenvalue weighted by Gasteiger charge is -2.34. The van der Waals surface area contributed by atoms with Crippen LogP contribution in [0.15, 0.2) is 36.4 Å². The van der Waals surface area contributed by atoms with Crippen LogP contribution in [0.25, 0.3) is 0 Å². The smallest absolute Gasteiger partial charge is 0.245 e. The van der Waals surface area contributed by atoms with Gasteiger partial charge in [-0.25, -0.2) is 0 Å². The van der Waals surface area contributed by atoms with Gasteiger partial charge < -0.3 is 29.2 Å². The van der Waals surface area contributed by atoms with E-state index in [1.54, 1.807) is 45.5 Å². The molecule has 1 aliphatic rings. The summed E-state index contributed by atoms with van der Waals surface area (Å²) in [5.41, 5.74) is 0.859. The Kier molecular flexibility index (Phi) is 7.68. The Morgan fingerprint density at radius 3 is 2.33 bits per heavy atom. The summed E-state index contributed by atoms with van der Waals surface area (Å²) in [5, 5.41) is 3.01. The van der Waals surface area contributed by atoms with E-state index in [4.69, 9.17) is 18.9 Å². The van der Waals surface area contributed by atoms with E-state index in [9.17, 15) is 9.59 Å². The van der Waals surface area contributed by atoms with Crippen molar-refractivity contribution in [2.75, 3.05) is 35.0 Å². The van der Waals surface area contributed by atoms with Gasteiger partial charge in [-0.3, -0.25) is 9.59 Å². The number of nitrogens with zero attached hydrogens (tertiary/aromatic N) is 1. The van der Waals surface area contributed by atoms with E-state index in [0.29, 0.717) is 48.8 Å². The SMILES string of the molecule is COc1ccc(OC)c(CN2C(=O)CC[C@]2(C)C(=O)NCCc2ccc(OC)c(OC)c2)c1. The van der Waals surface area contributed by atoms with Gasteiger partial charge in [0, 0.05) is 18.5 Å². The van der Waals surface area contributed by atoms with Gasteiger partial charge in [-0.05, 0) is 55.7 Å². The average molecular weight is 457 g/mol. The highest BCUT2D eigenvalue weighted by Crippen LogP contribution is 2.35. The largest absolute Gasteiger partial charge is 0.497 e. The molecule has 178 valence electrons. The van der Waals surface area contributed by atoms with Crippen LogP contribution >= 0.6 is 0 Å². The third kappa shape index (κ3) is 5.16. The van der Waals surface area contributed by atoms with Crippen LogP contribution in [0.3, 0.4) is 0 Å². The summed E-state index contributed by atoms with van der Waals surface area (Å²) in [6.45, 7) is 2.52. The number of rotatable bonds is 10. The Morgan fingerprint density at radius 2 is 1.67 bits per heavy atom. The van der Waals surface area contributed by atoms with Gasteiger partial charge >= 0.3 is 0 Å². The average Bonchev–Trinajstić information content (AvgIpc) is 3.13. The van der Waals surface area contributed by atoms with Crippen molar-refractivity contribution in [3.63, 3.8) is 0 Å². The van der Waals surface area contributed by atoms with E-state index in [1.807, 2.05) is 31.2 Å². The maximum atomic E-state index is 13.2. The molecule has 8 nitrogen and oxygen atoms in total. The van der Waals surface area contributed by atoms with Crippen LogP contribution in [0.4, 0.5) is 0 Å². The molecule has 1 atom stereocenters. The molecule has 2 aromatic carbocycles. The number of nitrogens with one attached hydrogen (secondary N) is 1. The zero-order chi connectivity index (χ0) is 24.0. The molecule has 1 saturated heterocycles. The third-order valence-corrected chi connectivity index (χ3v) is 6.17. The first-order valence-corrected chi connectivity index (χ1v) is 10.9. The molecule has 0 spiro atoms. The Balaban J connectivity index is 1.69. The van der Waals surface area contributed by atoms with Crippen LogP contribution in [0.2, 0.25) is 0 Å². The summed E-state index contributed by atoms with van der Waals surface area (Å²) in [4.78, 5) is 27.6. The maximum Gasteiger partial charge on any atom is 0.245 e. The zero-order valence-corrected chi connectivity index (χ0v) is 19.9.